The van der Waals surface area contributed by atoms with Gasteiger partial charge in [-0.3, -0.25) is 4.79 Å². The maximum absolute atomic E-state index is 14.8. The zero-order valence-electron chi connectivity index (χ0n) is 20.1. The molecule has 4 aromatic rings. The van der Waals surface area contributed by atoms with Crippen LogP contribution in [0.25, 0.3) is 11.1 Å². The van der Waals surface area contributed by atoms with Crippen molar-refractivity contribution in [3.8, 4) is 17.0 Å². The summed E-state index contributed by atoms with van der Waals surface area (Å²) in [7, 11) is 1.53. The molecule has 1 aliphatic carbocycles. The molecule has 3 heterocycles. The number of alkyl halides is 3. The van der Waals surface area contributed by atoms with E-state index >= 15 is 0 Å². The minimum atomic E-state index is -4.46. The Hall–Kier alpha value is -4.35. The summed E-state index contributed by atoms with van der Waals surface area (Å²) in [6.45, 7) is 0. The van der Waals surface area contributed by atoms with Crippen LogP contribution in [-0.4, -0.2) is 39.3 Å². The van der Waals surface area contributed by atoms with Gasteiger partial charge < -0.3 is 14.6 Å². The quantitative estimate of drug-likeness (QED) is 0.320. The van der Waals surface area contributed by atoms with Gasteiger partial charge in [-0.15, -0.1) is 0 Å². The number of aromatic nitrogens is 4. The highest BCUT2D eigenvalue weighted by molar-refractivity contribution is 5.91. The molecule has 1 aromatic carbocycles. The molecule has 3 aromatic heterocycles. The number of anilines is 1. The molecule has 1 saturated carbocycles. The number of hydrogen-bond acceptors (Lipinski definition) is 7. The van der Waals surface area contributed by atoms with Crippen molar-refractivity contribution in [3.63, 3.8) is 0 Å². The fourth-order valence-corrected chi connectivity index (χ4v) is 4.03. The number of ether oxygens (including phenoxy) is 1. The molecule has 0 bridgehead atoms. The van der Waals surface area contributed by atoms with E-state index < -0.39 is 23.3 Å². The van der Waals surface area contributed by atoms with Crippen molar-refractivity contribution in [2.45, 2.75) is 37.3 Å². The van der Waals surface area contributed by atoms with Crippen molar-refractivity contribution in [2.75, 3.05) is 12.4 Å². The number of halogens is 4. The molecule has 0 unspecified atom stereocenters. The lowest BCUT2D eigenvalue weighted by Crippen LogP contribution is -2.28. The number of amides is 1. The fourth-order valence-electron chi connectivity index (χ4n) is 4.03. The van der Waals surface area contributed by atoms with E-state index in [2.05, 4.69) is 25.4 Å². The molecule has 0 radical (unpaired) electrons. The first-order valence-electron chi connectivity index (χ1n) is 11.6. The van der Waals surface area contributed by atoms with E-state index in [0.29, 0.717) is 29.3 Å². The number of benzene rings is 1. The maximum atomic E-state index is 14.8. The molecule has 8 nitrogen and oxygen atoms in total. The van der Waals surface area contributed by atoms with Crippen molar-refractivity contribution in [2.24, 2.45) is 0 Å². The van der Waals surface area contributed by atoms with E-state index in [1.807, 2.05) is 6.07 Å². The molecule has 1 N–H and O–H groups in total. The molecular formula is C26H21F4N5O3. The summed E-state index contributed by atoms with van der Waals surface area (Å²) in [5.74, 6) is -0.712. The first-order chi connectivity index (χ1) is 18.2. The van der Waals surface area contributed by atoms with Gasteiger partial charge in [0.2, 0.25) is 11.8 Å². The Balaban J connectivity index is 1.21. The highest BCUT2D eigenvalue weighted by Crippen LogP contribution is 2.59. The van der Waals surface area contributed by atoms with Crippen molar-refractivity contribution >= 4 is 11.7 Å². The van der Waals surface area contributed by atoms with E-state index in [4.69, 9.17) is 9.26 Å². The fraction of sp³-hybridized carbons (Fsp3) is 0.269. The zero-order chi connectivity index (χ0) is 26.9. The Kier molecular flexibility index (Phi) is 6.55. The van der Waals surface area contributed by atoms with Crippen LogP contribution >= 0.6 is 0 Å². The van der Waals surface area contributed by atoms with Crippen LogP contribution < -0.4 is 10.1 Å². The molecule has 0 aliphatic heterocycles. The van der Waals surface area contributed by atoms with Crippen LogP contribution in [0.4, 0.5) is 23.4 Å². The van der Waals surface area contributed by atoms with Gasteiger partial charge in [0.05, 0.1) is 13.5 Å². The predicted molar refractivity (Wildman–Crippen MR) is 127 cm³/mol. The van der Waals surface area contributed by atoms with Crippen LogP contribution in [0, 0.1) is 5.82 Å². The van der Waals surface area contributed by atoms with Gasteiger partial charge in [-0.05, 0) is 41.7 Å². The number of rotatable bonds is 8. The average molecular weight is 527 g/mol. The monoisotopic (exact) mass is 527 g/mol. The van der Waals surface area contributed by atoms with Crippen molar-refractivity contribution in [1.82, 2.24) is 20.1 Å². The number of carbonyl (C=O) groups is 1. The van der Waals surface area contributed by atoms with Gasteiger partial charge in [-0.1, -0.05) is 17.3 Å². The Morgan fingerprint density at radius 1 is 1.08 bits per heavy atom. The largest absolute Gasteiger partial charge is 0.481 e. The SMILES string of the molecule is COc1cc(Cc2ncc(-c3ccc(CC(=O)Nc4cc(C5(C(F)(F)F)CC5)on4)c(F)c3)cn2)ccn1. The second-order valence-electron chi connectivity index (χ2n) is 8.96. The number of nitrogens with zero attached hydrogens (tertiary/aromatic N) is 4. The minimum absolute atomic E-state index is 0.0929. The smallest absolute Gasteiger partial charge is 0.401 e. The van der Waals surface area contributed by atoms with Crippen LogP contribution in [0.1, 0.15) is 35.6 Å². The predicted octanol–water partition coefficient (Wildman–Crippen LogP) is 5.04. The Labute approximate surface area is 214 Å². The maximum Gasteiger partial charge on any atom is 0.401 e. The summed E-state index contributed by atoms with van der Waals surface area (Å²) in [6.07, 6.45) is 0.268. The van der Waals surface area contributed by atoms with Crippen LogP contribution in [-0.2, 0) is 23.1 Å². The third-order valence-corrected chi connectivity index (χ3v) is 6.36. The lowest BCUT2D eigenvalue weighted by molar-refractivity contribution is -0.165. The first kappa shape index (κ1) is 25.3. The molecule has 0 saturated heterocycles. The lowest BCUT2D eigenvalue weighted by Gasteiger charge is -2.14. The van der Waals surface area contributed by atoms with Crippen molar-refractivity contribution in [3.05, 3.63) is 83.5 Å². The zero-order valence-corrected chi connectivity index (χ0v) is 20.1. The van der Waals surface area contributed by atoms with E-state index in [0.717, 1.165) is 11.6 Å². The third-order valence-electron chi connectivity index (χ3n) is 6.36. The molecular weight excluding hydrogens is 506 g/mol. The second kappa shape index (κ2) is 9.84. The summed E-state index contributed by atoms with van der Waals surface area (Å²) in [5.41, 5.74) is 0.0940. The Morgan fingerprint density at radius 3 is 2.50 bits per heavy atom. The minimum Gasteiger partial charge on any atom is -0.481 e. The standard InChI is InChI=1S/C26H21F4N5O3/c1-37-24-9-15(4-7-31-24)8-21-32-13-18(14-33-21)16-2-3-17(19(27)10-16)11-23(36)34-22-12-20(38-35-22)25(5-6-25)26(28,29)30/h2-4,7,9-10,12-14H,5-6,8,11H2,1H3,(H,34,35,36). The summed E-state index contributed by atoms with van der Waals surface area (Å²) in [5, 5.41) is 5.87. The summed E-state index contributed by atoms with van der Waals surface area (Å²) in [4.78, 5) is 25.1. The van der Waals surface area contributed by atoms with Gasteiger partial charge in [-0.2, -0.15) is 13.2 Å². The number of pyridine rings is 1. The summed E-state index contributed by atoms with van der Waals surface area (Å²) in [6, 6.07) is 9.04. The molecule has 0 atom stereocenters. The second-order valence-corrected chi connectivity index (χ2v) is 8.96. The van der Waals surface area contributed by atoms with Crippen LogP contribution in [0.3, 0.4) is 0 Å². The van der Waals surface area contributed by atoms with Gasteiger partial charge in [-0.25, -0.2) is 19.3 Å². The molecule has 1 amide bonds. The van der Waals surface area contributed by atoms with Crippen LogP contribution in [0.5, 0.6) is 5.88 Å². The molecule has 5 rings (SSSR count). The van der Waals surface area contributed by atoms with Gasteiger partial charge in [0, 0.05) is 42.7 Å². The normalized spacial score (nSPS) is 14.2. The van der Waals surface area contributed by atoms with E-state index in [9.17, 15) is 22.4 Å². The van der Waals surface area contributed by atoms with Crippen LogP contribution in [0.15, 0.2) is 59.5 Å². The number of methoxy groups -OCH3 is 1. The molecule has 1 aliphatic rings. The third kappa shape index (κ3) is 5.20. The van der Waals surface area contributed by atoms with Gasteiger partial charge >= 0.3 is 6.18 Å². The highest BCUT2D eigenvalue weighted by Gasteiger charge is 2.66. The number of carbonyl (C=O) groups excluding carboxylic acids is 1. The Bertz CT molecular complexity index is 1470. The lowest BCUT2D eigenvalue weighted by atomic mass is 10.0. The van der Waals surface area contributed by atoms with E-state index in [1.54, 1.807) is 30.7 Å². The van der Waals surface area contributed by atoms with Gasteiger partial charge in [0.15, 0.2) is 11.6 Å². The van der Waals surface area contributed by atoms with E-state index in [1.165, 1.54) is 19.2 Å². The highest BCUT2D eigenvalue weighted by atomic mass is 19.4. The molecule has 0 spiro atoms. The number of hydrogen-bond donors (Lipinski definition) is 1. The van der Waals surface area contributed by atoms with E-state index in [-0.39, 0.29) is 36.4 Å². The average Bonchev–Trinajstić information content (AvgIpc) is 3.60. The number of nitrogens with one attached hydrogen (secondary N) is 1. The summed E-state index contributed by atoms with van der Waals surface area (Å²) < 4.78 is 64.5. The molecule has 12 heteroatoms. The van der Waals surface area contributed by atoms with Crippen molar-refractivity contribution in [1.29, 1.82) is 0 Å². The molecule has 1 fully saturated rings. The van der Waals surface area contributed by atoms with Crippen molar-refractivity contribution < 1.29 is 31.6 Å². The summed E-state index contributed by atoms with van der Waals surface area (Å²) >= 11 is 0. The topological polar surface area (TPSA) is 103 Å². The Morgan fingerprint density at radius 2 is 1.84 bits per heavy atom. The van der Waals surface area contributed by atoms with Gasteiger partial charge in [0.25, 0.3) is 0 Å². The molecule has 38 heavy (non-hydrogen) atoms. The first-order valence-corrected chi connectivity index (χ1v) is 11.6. The van der Waals surface area contributed by atoms with Gasteiger partial charge in [0.1, 0.15) is 17.1 Å². The molecule has 196 valence electrons. The van der Waals surface area contributed by atoms with Crippen LogP contribution in [0.2, 0.25) is 0 Å².